The third kappa shape index (κ3) is 2.58. The summed E-state index contributed by atoms with van der Waals surface area (Å²) < 4.78 is 0. The molecule has 0 saturated heterocycles. The highest BCUT2D eigenvalue weighted by Crippen LogP contribution is 2.28. The van der Waals surface area contributed by atoms with Crippen molar-refractivity contribution in [3.05, 3.63) is 78.0 Å². The Balaban J connectivity index is 1.57. The van der Waals surface area contributed by atoms with E-state index in [-0.39, 0.29) is 0 Å². The molecule has 1 aromatic heterocycles. The molecule has 4 rings (SSSR count). The quantitative estimate of drug-likeness (QED) is 0.754. The molecule has 1 aliphatic heterocycles. The van der Waals surface area contributed by atoms with Crippen LogP contribution < -0.4 is 0 Å². The highest BCUT2D eigenvalue weighted by molar-refractivity contribution is 5.93. The van der Waals surface area contributed by atoms with Crippen LogP contribution in [0.5, 0.6) is 0 Å². The van der Waals surface area contributed by atoms with E-state index in [1.54, 1.807) is 0 Å². The van der Waals surface area contributed by atoms with E-state index in [4.69, 9.17) is 0 Å². The van der Waals surface area contributed by atoms with Crippen molar-refractivity contribution in [3.63, 3.8) is 0 Å². The lowest BCUT2D eigenvalue weighted by Gasteiger charge is -2.27. The van der Waals surface area contributed by atoms with Gasteiger partial charge in [-0.2, -0.15) is 0 Å². The summed E-state index contributed by atoms with van der Waals surface area (Å²) >= 11 is 0. The van der Waals surface area contributed by atoms with E-state index >= 15 is 0 Å². The molecule has 22 heavy (non-hydrogen) atoms. The molecule has 1 aliphatic rings. The zero-order chi connectivity index (χ0) is 14.8. The second-order valence-corrected chi connectivity index (χ2v) is 5.96. The van der Waals surface area contributed by atoms with Gasteiger partial charge >= 0.3 is 0 Å². The van der Waals surface area contributed by atoms with Crippen LogP contribution in [0.1, 0.15) is 17.5 Å². The predicted octanol–water partition coefficient (Wildman–Crippen LogP) is 4.46. The Labute approximate surface area is 131 Å². The van der Waals surface area contributed by atoms with E-state index in [2.05, 4.69) is 76.8 Å². The number of hydrogen-bond donors (Lipinski definition) is 1. The number of aromatic amines is 1. The minimum absolute atomic E-state index is 1.02. The third-order valence-corrected chi connectivity index (χ3v) is 4.41. The van der Waals surface area contributed by atoms with Gasteiger partial charge in [-0.15, -0.1) is 0 Å². The number of para-hydroxylation sites is 1. The number of benzene rings is 2. The van der Waals surface area contributed by atoms with Crippen LogP contribution in [0.4, 0.5) is 0 Å². The molecular formula is C20H20N2. The van der Waals surface area contributed by atoms with Gasteiger partial charge in [0.15, 0.2) is 0 Å². The highest BCUT2D eigenvalue weighted by atomic mass is 15.1. The predicted molar refractivity (Wildman–Crippen MR) is 92.6 cm³/mol. The Kier molecular flexibility index (Phi) is 3.53. The minimum atomic E-state index is 1.02. The molecule has 2 nitrogen and oxygen atoms in total. The molecule has 110 valence electrons. The van der Waals surface area contributed by atoms with Gasteiger partial charge in [0.2, 0.25) is 0 Å². The Bertz CT molecular complexity index is 799. The van der Waals surface area contributed by atoms with E-state index in [1.807, 2.05) is 0 Å². The summed E-state index contributed by atoms with van der Waals surface area (Å²) in [6, 6.07) is 19.3. The van der Waals surface area contributed by atoms with E-state index in [0.717, 1.165) is 26.1 Å². The Morgan fingerprint density at radius 2 is 1.77 bits per heavy atom. The fourth-order valence-electron chi connectivity index (χ4n) is 3.31. The number of H-pyrrole nitrogens is 1. The highest BCUT2D eigenvalue weighted by Gasteiger charge is 2.16. The monoisotopic (exact) mass is 288 g/mol. The lowest BCUT2D eigenvalue weighted by atomic mass is 10.00. The van der Waals surface area contributed by atoms with Gasteiger partial charge in [-0.05, 0) is 23.6 Å². The topological polar surface area (TPSA) is 19.0 Å². The molecule has 0 radical (unpaired) electrons. The first-order chi connectivity index (χ1) is 10.9. The van der Waals surface area contributed by atoms with Crippen LogP contribution in [-0.2, 0) is 6.54 Å². The van der Waals surface area contributed by atoms with Crippen LogP contribution >= 0.6 is 0 Å². The summed E-state index contributed by atoms with van der Waals surface area (Å²) in [6.45, 7) is 3.19. The third-order valence-electron chi connectivity index (χ3n) is 4.41. The Morgan fingerprint density at radius 3 is 2.68 bits per heavy atom. The summed E-state index contributed by atoms with van der Waals surface area (Å²) in [7, 11) is 0. The van der Waals surface area contributed by atoms with Crippen molar-refractivity contribution in [2.45, 2.75) is 13.0 Å². The maximum Gasteiger partial charge on any atom is 0.0460 e. The maximum atomic E-state index is 3.39. The summed E-state index contributed by atoms with van der Waals surface area (Å²) in [6.07, 6.45) is 5.68. The molecule has 0 amide bonds. The largest absolute Gasteiger partial charge is 0.361 e. The van der Waals surface area contributed by atoms with Gasteiger partial charge in [-0.25, -0.2) is 0 Å². The fourth-order valence-corrected chi connectivity index (χ4v) is 3.31. The molecule has 3 aromatic rings. The lowest BCUT2D eigenvalue weighted by Crippen LogP contribution is -2.28. The molecule has 0 saturated carbocycles. The van der Waals surface area contributed by atoms with Crippen molar-refractivity contribution in [2.75, 3.05) is 13.1 Å². The number of aromatic nitrogens is 1. The Hall–Kier alpha value is -2.32. The van der Waals surface area contributed by atoms with Crippen LogP contribution in [0.25, 0.3) is 16.5 Å². The van der Waals surface area contributed by atoms with Crippen LogP contribution in [0.15, 0.2) is 66.9 Å². The molecule has 0 aliphatic carbocycles. The van der Waals surface area contributed by atoms with Crippen LogP contribution in [0, 0.1) is 0 Å². The molecule has 0 atom stereocenters. The van der Waals surface area contributed by atoms with Gasteiger partial charge in [0.25, 0.3) is 0 Å². The van der Waals surface area contributed by atoms with Gasteiger partial charge in [0.1, 0.15) is 0 Å². The van der Waals surface area contributed by atoms with Gasteiger partial charge < -0.3 is 4.98 Å². The lowest BCUT2D eigenvalue weighted by molar-refractivity contribution is 0.296. The first-order valence-corrected chi connectivity index (χ1v) is 7.92. The molecular weight excluding hydrogens is 268 g/mol. The summed E-state index contributed by atoms with van der Waals surface area (Å²) in [5, 5.41) is 1.33. The number of nitrogens with zero attached hydrogens (tertiary/aromatic N) is 1. The second kappa shape index (κ2) is 5.82. The number of rotatable bonds is 3. The zero-order valence-corrected chi connectivity index (χ0v) is 12.6. The molecule has 2 heteroatoms. The zero-order valence-electron chi connectivity index (χ0n) is 12.6. The van der Waals surface area contributed by atoms with E-state index in [0.29, 0.717) is 0 Å². The minimum Gasteiger partial charge on any atom is -0.361 e. The van der Waals surface area contributed by atoms with Crippen molar-refractivity contribution in [1.82, 2.24) is 9.88 Å². The molecule has 0 fully saturated rings. The van der Waals surface area contributed by atoms with Crippen molar-refractivity contribution in [3.8, 4) is 0 Å². The smallest absolute Gasteiger partial charge is 0.0460 e. The van der Waals surface area contributed by atoms with Crippen LogP contribution in [0.2, 0.25) is 0 Å². The van der Waals surface area contributed by atoms with Crippen molar-refractivity contribution in [2.24, 2.45) is 0 Å². The molecule has 1 N–H and O–H groups in total. The molecule has 0 unspecified atom stereocenters. The average molecular weight is 288 g/mol. The molecule has 2 aromatic carbocycles. The fraction of sp³-hybridized carbons (Fsp3) is 0.200. The van der Waals surface area contributed by atoms with Gasteiger partial charge in [-0.1, -0.05) is 54.6 Å². The van der Waals surface area contributed by atoms with E-state index in [1.165, 1.54) is 27.6 Å². The number of nitrogens with one attached hydrogen (secondary N) is 1. The van der Waals surface area contributed by atoms with Crippen molar-refractivity contribution >= 4 is 16.5 Å². The first kappa shape index (κ1) is 13.4. The van der Waals surface area contributed by atoms with E-state index < -0.39 is 0 Å². The summed E-state index contributed by atoms with van der Waals surface area (Å²) in [4.78, 5) is 5.92. The van der Waals surface area contributed by atoms with E-state index in [9.17, 15) is 0 Å². The first-order valence-electron chi connectivity index (χ1n) is 7.92. The number of fused-ring (bicyclic) bond motifs is 1. The molecule has 2 heterocycles. The van der Waals surface area contributed by atoms with Crippen molar-refractivity contribution < 1.29 is 0 Å². The Morgan fingerprint density at radius 1 is 0.955 bits per heavy atom. The summed E-state index contributed by atoms with van der Waals surface area (Å²) in [5.74, 6) is 0. The van der Waals surface area contributed by atoms with Gasteiger partial charge in [0, 0.05) is 42.3 Å². The molecule has 0 bridgehead atoms. The maximum absolute atomic E-state index is 3.39. The average Bonchev–Trinajstić information content (AvgIpc) is 3.00. The van der Waals surface area contributed by atoms with Crippen molar-refractivity contribution in [1.29, 1.82) is 0 Å². The van der Waals surface area contributed by atoms with Crippen LogP contribution in [0.3, 0.4) is 0 Å². The second-order valence-electron chi connectivity index (χ2n) is 5.96. The van der Waals surface area contributed by atoms with Gasteiger partial charge in [0.05, 0.1) is 0 Å². The SMILES string of the molecule is C1=C(c2c[nH]c3ccccc23)CN(Cc2ccccc2)CC1. The van der Waals surface area contributed by atoms with Crippen LogP contribution in [-0.4, -0.2) is 23.0 Å². The summed E-state index contributed by atoms with van der Waals surface area (Å²) in [5.41, 5.74) is 5.41. The molecule has 0 spiro atoms. The number of hydrogen-bond acceptors (Lipinski definition) is 1. The standard InChI is InChI=1S/C20H20N2/c1-2-7-16(8-3-1)14-22-12-6-9-17(15-22)19-13-21-20-11-5-4-10-18(19)20/h1-5,7-11,13,21H,6,12,14-15H2. The normalized spacial score (nSPS) is 15.9. The van der Waals surface area contributed by atoms with Gasteiger partial charge in [-0.3, -0.25) is 4.90 Å².